The zero-order chi connectivity index (χ0) is 23.4. The molecule has 1 aliphatic heterocycles. The van der Waals surface area contributed by atoms with Gasteiger partial charge in [-0.25, -0.2) is 4.79 Å². The van der Waals surface area contributed by atoms with Gasteiger partial charge < -0.3 is 4.74 Å². The molecule has 0 unspecified atom stereocenters. The van der Waals surface area contributed by atoms with Gasteiger partial charge in [-0.05, 0) is 65.3 Å². The van der Waals surface area contributed by atoms with Gasteiger partial charge in [-0.15, -0.1) is 0 Å². The average Bonchev–Trinajstić information content (AvgIpc) is 2.82. The van der Waals surface area contributed by atoms with Gasteiger partial charge in [0, 0.05) is 11.6 Å². The molecule has 2 aromatic carbocycles. The third kappa shape index (κ3) is 5.09. The zero-order valence-electron chi connectivity index (χ0n) is 17.8. The molecular formula is C25H22IN3O4. The first-order valence-electron chi connectivity index (χ1n) is 10.8. The highest BCUT2D eigenvalue weighted by atomic mass is 127. The first kappa shape index (κ1) is 23.0. The van der Waals surface area contributed by atoms with Gasteiger partial charge in [0.25, 0.3) is 11.8 Å². The number of urea groups is 1. The van der Waals surface area contributed by atoms with Crippen molar-refractivity contribution in [1.82, 2.24) is 10.2 Å². The van der Waals surface area contributed by atoms with Crippen LogP contribution in [0.15, 0.2) is 48.0 Å². The average molecular weight is 555 g/mol. The van der Waals surface area contributed by atoms with Crippen LogP contribution in [0.3, 0.4) is 0 Å². The van der Waals surface area contributed by atoms with Crippen LogP contribution in [0.25, 0.3) is 6.08 Å². The van der Waals surface area contributed by atoms with Crippen molar-refractivity contribution < 1.29 is 19.1 Å². The number of imide groups is 2. The van der Waals surface area contributed by atoms with Crippen molar-refractivity contribution in [1.29, 1.82) is 5.26 Å². The fourth-order valence-electron chi connectivity index (χ4n) is 4.14. The van der Waals surface area contributed by atoms with Crippen LogP contribution in [0.2, 0.25) is 0 Å². The summed E-state index contributed by atoms with van der Waals surface area (Å²) >= 11 is 2.12. The first-order chi connectivity index (χ1) is 16.0. The number of carbonyl (C=O) groups excluding carboxylic acids is 3. The van der Waals surface area contributed by atoms with Crippen molar-refractivity contribution >= 4 is 46.5 Å². The smallest absolute Gasteiger partial charge is 0.331 e. The first-order valence-corrected chi connectivity index (χ1v) is 11.9. The molecule has 2 fully saturated rings. The highest BCUT2D eigenvalue weighted by molar-refractivity contribution is 14.1. The maximum absolute atomic E-state index is 13.0. The van der Waals surface area contributed by atoms with Crippen LogP contribution in [-0.2, 0) is 16.2 Å². The normalized spacial score (nSPS) is 18.2. The van der Waals surface area contributed by atoms with Gasteiger partial charge in [-0.2, -0.15) is 5.26 Å². The Morgan fingerprint density at radius 2 is 1.88 bits per heavy atom. The summed E-state index contributed by atoms with van der Waals surface area (Å²) in [5.41, 5.74) is 1.96. The number of barbiturate groups is 1. The molecule has 7 nitrogen and oxygen atoms in total. The molecule has 0 radical (unpaired) electrons. The van der Waals surface area contributed by atoms with Gasteiger partial charge in [-0.1, -0.05) is 43.5 Å². The number of halogens is 1. The van der Waals surface area contributed by atoms with Crippen LogP contribution in [0.5, 0.6) is 5.75 Å². The number of rotatable bonds is 5. The van der Waals surface area contributed by atoms with Crippen molar-refractivity contribution in [3.63, 3.8) is 0 Å². The minimum Gasteiger partial charge on any atom is -0.488 e. The Morgan fingerprint density at radius 3 is 2.61 bits per heavy atom. The second-order valence-electron chi connectivity index (χ2n) is 8.03. The van der Waals surface area contributed by atoms with E-state index in [-0.39, 0.29) is 18.2 Å². The minimum absolute atomic E-state index is 0.0485. The Hall–Kier alpha value is -3.19. The lowest BCUT2D eigenvalue weighted by Crippen LogP contribution is -2.58. The number of nitriles is 1. The van der Waals surface area contributed by atoms with E-state index in [1.807, 2.05) is 12.1 Å². The van der Waals surface area contributed by atoms with Gasteiger partial charge in [0.15, 0.2) is 0 Å². The lowest BCUT2D eigenvalue weighted by atomic mass is 9.93. The number of ether oxygens (including phenoxy) is 1. The number of nitrogens with one attached hydrogen (secondary N) is 1. The molecule has 0 bridgehead atoms. The number of hydrogen-bond acceptors (Lipinski definition) is 5. The van der Waals surface area contributed by atoms with Crippen LogP contribution in [0.4, 0.5) is 4.79 Å². The van der Waals surface area contributed by atoms with Gasteiger partial charge in [0.05, 0.1) is 15.2 Å². The van der Waals surface area contributed by atoms with Gasteiger partial charge in [0.1, 0.15) is 17.9 Å². The van der Waals surface area contributed by atoms with E-state index >= 15 is 0 Å². The van der Waals surface area contributed by atoms with E-state index in [2.05, 4.69) is 34.0 Å². The van der Waals surface area contributed by atoms with Gasteiger partial charge >= 0.3 is 6.03 Å². The standard InChI is InChI=1S/C25H22IN3O4/c26-21-13-16(10-11-22(21)33-15-18-7-5-4-6-17(18)14-27)12-20-23(30)28-25(32)29(24(20)31)19-8-2-1-3-9-19/h4-7,10-13,19H,1-3,8-9,15H2,(H,28,30,32). The van der Waals surface area contributed by atoms with Crippen molar-refractivity contribution in [3.05, 3.63) is 68.3 Å². The summed E-state index contributed by atoms with van der Waals surface area (Å²) in [7, 11) is 0. The number of nitrogens with zero attached hydrogens (tertiary/aromatic N) is 2. The molecule has 33 heavy (non-hydrogen) atoms. The third-order valence-electron chi connectivity index (χ3n) is 5.86. The molecule has 0 spiro atoms. The largest absolute Gasteiger partial charge is 0.488 e. The molecule has 168 valence electrons. The molecule has 1 saturated carbocycles. The van der Waals surface area contributed by atoms with Crippen LogP contribution in [0, 0.1) is 14.9 Å². The molecule has 4 amide bonds. The highest BCUT2D eigenvalue weighted by Crippen LogP contribution is 2.28. The summed E-state index contributed by atoms with van der Waals surface area (Å²) in [6.45, 7) is 0.250. The van der Waals surface area contributed by atoms with E-state index < -0.39 is 17.8 Å². The molecule has 4 rings (SSSR count). The lowest BCUT2D eigenvalue weighted by Gasteiger charge is -2.35. The van der Waals surface area contributed by atoms with Crippen molar-refractivity contribution in [2.45, 2.75) is 44.8 Å². The predicted molar refractivity (Wildman–Crippen MR) is 130 cm³/mol. The second-order valence-corrected chi connectivity index (χ2v) is 9.19. The molecule has 2 aromatic rings. The van der Waals surface area contributed by atoms with Gasteiger partial charge in [0.2, 0.25) is 0 Å². The lowest BCUT2D eigenvalue weighted by molar-refractivity contribution is -0.132. The summed E-state index contributed by atoms with van der Waals surface area (Å²) in [6.07, 6.45) is 6.06. The Balaban J connectivity index is 1.52. The minimum atomic E-state index is -0.680. The van der Waals surface area contributed by atoms with Crippen LogP contribution in [0.1, 0.15) is 48.8 Å². The van der Waals surface area contributed by atoms with Crippen molar-refractivity contribution in [2.24, 2.45) is 0 Å². The maximum atomic E-state index is 13.0. The monoisotopic (exact) mass is 555 g/mol. The molecule has 0 atom stereocenters. The van der Waals surface area contributed by atoms with Crippen LogP contribution < -0.4 is 10.1 Å². The van der Waals surface area contributed by atoms with E-state index in [0.717, 1.165) is 41.2 Å². The van der Waals surface area contributed by atoms with Crippen molar-refractivity contribution in [3.8, 4) is 11.8 Å². The maximum Gasteiger partial charge on any atom is 0.331 e. The molecule has 1 N–H and O–H groups in total. The van der Waals surface area contributed by atoms with E-state index in [1.54, 1.807) is 30.3 Å². The topological polar surface area (TPSA) is 99.5 Å². The van der Waals surface area contributed by atoms with Crippen LogP contribution >= 0.6 is 22.6 Å². The summed E-state index contributed by atoms with van der Waals surface area (Å²) in [5.74, 6) is -0.594. The molecule has 8 heteroatoms. The second kappa shape index (κ2) is 10.2. The summed E-state index contributed by atoms with van der Waals surface area (Å²) in [4.78, 5) is 39.0. The highest BCUT2D eigenvalue weighted by Gasteiger charge is 2.40. The quantitative estimate of drug-likeness (QED) is 0.332. The Kier molecular flexibility index (Phi) is 7.08. The SMILES string of the molecule is N#Cc1ccccc1COc1ccc(C=C2C(=O)NC(=O)N(C3CCCCC3)C2=O)cc1I. The Morgan fingerprint density at radius 1 is 1.12 bits per heavy atom. The molecular weight excluding hydrogens is 533 g/mol. The fraction of sp³-hybridized carbons (Fsp3) is 0.280. The third-order valence-corrected chi connectivity index (χ3v) is 6.70. The summed E-state index contributed by atoms with van der Waals surface area (Å²) in [6, 6.07) is 13.9. The summed E-state index contributed by atoms with van der Waals surface area (Å²) in [5, 5.41) is 11.5. The van der Waals surface area contributed by atoms with E-state index in [1.165, 1.54) is 11.0 Å². The molecule has 1 saturated heterocycles. The summed E-state index contributed by atoms with van der Waals surface area (Å²) < 4.78 is 6.68. The van der Waals surface area contributed by atoms with Crippen molar-refractivity contribution in [2.75, 3.05) is 0 Å². The van der Waals surface area contributed by atoms with E-state index in [9.17, 15) is 19.6 Å². The van der Waals surface area contributed by atoms with Gasteiger partial charge in [-0.3, -0.25) is 19.8 Å². The fourth-order valence-corrected chi connectivity index (χ4v) is 4.84. The molecule has 1 aliphatic carbocycles. The van der Waals surface area contributed by atoms with E-state index in [4.69, 9.17) is 4.74 Å². The Bertz CT molecular complexity index is 1180. The molecule has 2 aliphatic rings. The number of hydrogen-bond donors (Lipinski definition) is 1. The number of benzene rings is 2. The number of carbonyl (C=O) groups is 3. The number of amides is 4. The molecule has 0 aromatic heterocycles. The molecule has 1 heterocycles. The van der Waals surface area contributed by atoms with E-state index in [0.29, 0.717) is 16.9 Å². The Labute approximate surface area is 205 Å². The predicted octanol–water partition coefficient (Wildman–Crippen LogP) is 4.54. The zero-order valence-corrected chi connectivity index (χ0v) is 20.0. The van der Waals surface area contributed by atoms with Crippen LogP contribution in [-0.4, -0.2) is 28.8 Å².